The monoisotopic (exact) mass is 272 g/mol. The summed E-state index contributed by atoms with van der Waals surface area (Å²) in [7, 11) is 1.54. The van der Waals surface area contributed by atoms with E-state index in [-0.39, 0.29) is 11.9 Å². The zero-order chi connectivity index (χ0) is 14.0. The summed E-state index contributed by atoms with van der Waals surface area (Å²) < 4.78 is 37.9. The lowest BCUT2D eigenvalue weighted by Crippen LogP contribution is -2.36. The van der Waals surface area contributed by atoms with Gasteiger partial charge in [0.25, 0.3) is 0 Å². The molecule has 1 unspecified atom stereocenters. The fraction of sp³-hybridized carbons (Fsp3) is 0.462. The van der Waals surface area contributed by atoms with E-state index in [2.05, 4.69) is 5.32 Å². The van der Waals surface area contributed by atoms with Crippen molar-refractivity contribution in [1.29, 1.82) is 0 Å². The van der Waals surface area contributed by atoms with Gasteiger partial charge in [0.1, 0.15) is 0 Å². The summed E-state index contributed by atoms with van der Waals surface area (Å²) in [6.07, 6.45) is -3.64. The number of carbonyl (C=O) groups excluding carboxylic acids is 1. The quantitative estimate of drug-likeness (QED) is 0.837. The van der Waals surface area contributed by atoms with E-state index < -0.39 is 11.7 Å². The molecule has 2 amide bonds. The number of nitrogens with zero attached hydrogens (tertiary/aromatic N) is 1. The predicted molar refractivity (Wildman–Crippen MR) is 64.8 cm³/mol. The molecule has 1 aromatic rings. The number of rotatable bonds is 1. The summed E-state index contributed by atoms with van der Waals surface area (Å²) in [4.78, 5) is 13.1. The Labute approximate surface area is 109 Å². The van der Waals surface area contributed by atoms with Crippen LogP contribution in [-0.4, -0.2) is 31.1 Å². The molecule has 1 N–H and O–H groups in total. The topological polar surface area (TPSA) is 32.3 Å². The summed E-state index contributed by atoms with van der Waals surface area (Å²) in [5, 5.41) is 2.52. The lowest BCUT2D eigenvalue weighted by Gasteiger charge is -2.16. The minimum atomic E-state index is -4.32. The van der Waals surface area contributed by atoms with Gasteiger partial charge in [-0.1, -0.05) is 18.2 Å². The van der Waals surface area contributed by atoms with Crippen LogP contribution < -0.4 is 5.32 Å². The number of hydrogen-bond acceptors (Lipinski definition) is 1. The van der Waals surface area contributed by atoms with Crippen molar-refractivity contribution in [1.82, 2.24) is 10.2 Å². The molecule has 1 aliphatic heterocycles. The van der Waals surface area contributed by atoms with E-state index in [1.807, 2.05) is 0 Å². The maximum atomic E-state index is 12.6. The number of carbonyl (C=O) groups is 1. The van der Waals surface area contributed by atoms with Gasteiger partial charge in [-0.05, 0) is 18.1 Å². The lowest BCUT2D eigenvalue weighted by molar-refractivity contribution is -0.137. The molecule has 2 rings (SSSR count). The van der Waals surface area contributed by atoms with Crippen LogP contribution in [0.2, 0.25) is 0 Å². The molecule has 0 aliphatic carbocycles. The highest BCUT2D eigenvalue weighted by Gasteiger charge is 2.32. The largest absolute Gasteiger partial charge is 0.416 e. The summed E-state index contributed by atoms with van der Waals surface area (Å²) >= 11 is 0. The Hall–Kier alpha value is -1.72. The number of amides is 2. The fourth-order valence-corrected chi connectivity index (χ4v) is 2.34. The zero-order valence-electron chi connectivity index (χ0n) is 10.5. The van der Waals surface area contributed by atoms with Gasteiger partial charge < -0.3 is 10.2 Å². The van der Waals surface area contributed by atoms with Gasteiger partial charge in [0.15, 0.2) is 0 Å². The molecule has 0 saturated carbocycles. The SMILES string of the molecule is CNC(=O)N1CCC(c2cccc(C(F)(F)F)c2)C1. The van der Waals surface area contributed by atoms with Crippen LogP contribution in [0.3, 0.4) is 0 Å². The Morgan fingerprint density at radius 3 is 2.79 bits per heavy atom. The second-order valence-corrected chi connectivity index (χ2v) is 4.61. The summed E-state index contributed by atoms with van der Waals surface area (Å²) in [5.74, 6) is -0.0281. The Kier molecular flexibility index (Phi) is 3.68. The normalized spacial score (nSPS) is 19.6. The molecule has 6 heteroatoms. The molecular formula is C13H15F3N2O. The second-order valence-electron chi connectivity index (χ2n) is 4.61. The maximum Gasteiger partial charge on any atom is 0.416 e. The van der Waals surface area contributed by atoms with Crippen LogP contribution in [0.4, 0.5) is 18.0 Å². The molecule has 0 radical (unpaired) electrons. The molecule has 1 aromatic carbocycles. The average Bonchev–Trinajstić information content (AvgIpc) is 2.86. The van der Waals surface area contributed by atoms with Crippen LogP contribution in [0.5, 0.6) is 0 Å². The van der Waals surface area contributed by atoms with Crippen LogP contribution in [-0.2, 0) is 6.18 Å². The first-order chi connectivity index (χ1) is 8.91. The molecule has 0 aromatic heterocycles. The van der Waals surface area contributed by atoms with Crippen LogP contribution in [0.25, 0.3) is 0 Å². The number of hydrogen-bond donors (Lipinski definition) is 1. The van der Waals surface area contributed by atoms with E-state index in [0.717, 1.165) is 6.07 Å². The van der Waals surface area contributed by atoms with Crippen molar-refractivity contribution in [2.24, 2.45) is 0 Å². The van der Waals surface area contributed by atoms with E-state index in [1.54, 1.807) is 18.0 Å². The highest BCUT2D eigenvalue weighted by Crippen LogP contribution is 2.33. The van der Waals surface area contributed by atoms with Gasteiger partial charge in [-0.3, -0.25) is 0 Å². The average molecular weight is 272 g/mol. The fourth-order valence-electron chi connectivity index (χ4n) is 2.34. The molecule has 3 nitrogen and oxygen atoms in total. The Morgan fingerprint density at radius 2 is 2.16 bits per heavy atom. The van der Waals surface area contributed by atoms with Gasteiger partial charge in [0, 0.05) is 26.1 Å². The van der Waals surface area contributed by atoms with Gasteiger partial charge in [0.05, 0.1) is 5.56 Å². The molecule has 0 spiro atoms. The van der Waals surface area contributed by atoms with Crippen molar-refractivity contribution < 1.29 is 18.0 Å². The number of benzene rings is 1. The zero-order valence-corrected chi connectivity index (χ0v) is 10.5. The standard InChI is InChI=1S/C13H15F3N2O/c1-17-12(19)18-6-5-10(8-18)9-3-2-4-11(7-9)13(14,15)16/h2-4,7,10H,5-6,8H2,1H3,(H,17,19). The molecule has 0 bridgehead atoms. The second kappa shape index (κ2) is 5.11. The first-order valence-electron chi connectivity index (χ1n) is 6.05. The first-order valence-corrected chi connectivity index (χ1v) is 6.05. The van der Waals surface area contributed by atoms with Crippen LogP contribution in [0, 0.1) is 0 Å². The maximum absolute atomic E-state index is 12.6. The van der Waals surface area contributed by atoms with Gasteiger partial charge in [-0.2, -0.15) is 13.2 Å². The van der Waals surface area contributed by atoms with Gasteiger partial charge in [-0.25, -0.2) is 4.79 Å². The van der Waals surface area contributed by atoms with E-state index >= 15 is 0 Å². The number of alkyl halides is 3. The van der Waals surface area contributed by atoms with E-state index in [9.17, 15) is 18.0 Å². The highest BCUT2D eigenvalue weighted by molar-refractivity contribution is 5.74. The summed E-state index contributed by atoms with van der Waals surface area (Å²) in [5.41, 5.74) is 0.00428. The van der Waals surface area contributed by atoms with Crippen molar-refractivity contribution in [3.8, 4) is 0 Å². The van der Waals surface area contributed by atoms with Crippen molar-refractivity contribution in [3.63, 3.8) is 0 Å². The molecule has 104 valence electrons. The minimum Gasteiger partial charge on any atom is -0.341 e. The van der Waals surface area contributed by atoms with Gasteiger partial charge in [-0.15, -0.1) is 0 Å². The molecule has 1 atom stereocenters. The highest BCUT2D eigenvalue weighted by atomic mass is 19.4. The Morgan fingerprint density at radius 1 is 1.42 bits per heavy atom. The minimum absolute atomic E-state index is 0.0281. The Bertz CT molecular complexity index is 473. The molecule has 1 fully saturated rings. The number of nitrogens with one attached hydrogen (secondary N) is 1. The van der Waals surface area contributed by atoms with Crippen LogP contribution >= 0.6 is 0 Å². The van der Waals surface area contributed by atoms with E-state index in [4.69, 9.17) is 0 Å². The molecule has 19 heavy (non-hydrogen) atoms. The smallest absolute Gasteiger partial charge is 0.341 e. The third kappa shape index (κ3) is 3.00. The first kappa shape index (κ1) is 13.7. The number of halogens is 3. The van der Waals surface area contributed by atoms with Crippen molar-refractivity contribution in [2.45, 2.75) is 18.5 Å². The van der Waals surface area contributed by atoms with E-state index in [0.29, 0.717) is 25.1 Å². The van der Waals surface area contributed by atoms with Gasteiger partial charge >= 0.3 is 12.2 Å². The Balaban J connectivity index is 2.14. The third-order valence-corrected chi connectivity index (χ3v) is 3.37. The van der Waals surface area contributed by atoms with Gasteiger partial charge in [0.2, 0.25) is 0 Å². The predicted octanol–water partition coefficient (Wildman–Crippen LogP) is 2.83. The molecule has 1 aliphatic rings. The molecule has 1 heterocycles. The molecular weight excluding hydrogens is 257 g/mol. The van der Waals surface area contributed by atoms with Crippen molar-refractivity contribution in [2.75, 3.05) is 20.1 Å². The van der Waals surface area contributed by atoms with Crippen molar-refractivity contribution in [3.05, 3.63) is 35.4 Å². The molecule has 1 saturated heterocycles. The summed E-state index contributed by atoms with van der Waals surface area (Å²) in [6.45, 7) is 1.03. The van der Waals surface area contributed by atoms with Crippen molar-refractivity contribution >= 4 is 6.03 Å². The van der Waals surface area contributed by atoms with E-state index in [1.165, 1.54) is 12.1 Å². The number of likely N-dealkylation sites (tertiary alicyclic amines) is 1. The third-order valence-electron chi connectivity index (χ3n) is 3.37. The van der Waals surface area contributed by atoms with Crippen LogP contribution in [0.1, 0.15) is 23.5 Å². The lowest BCUT2D eigenvalue weighted by atomic mass is 9.96. The van der Waals surface area contributed by atoms with Crippen LogP contribution in [0.15, 0.2) is 24.3 Å². The summed E-state index contributed by atoms with van der Waals surface area (Å²) in [6, 6.07) is 5.16. The number of urea groups is 1.